The normalized spacial score (nSPS) is 16.9. The summed E-state index contributed by atoms with van der Waals surface area (Å²) < 4.78 is 0. The first kappa shape index (κ1) is 13.0. The summed E-state index contributed by atoms with van der Waals surface area (Å²) >= 11 is 0. The van der Waals surface area contributed by atoms with Crippen LogP contribution >= 0.6 is 0 Å². The Morgan fingerprint density at radius 2 is 1.41 bits per heavy atom. The molecule has 0 radical (unpaired) electrons. The van der Waals surface area contributed by atoms with E-state index < -0.39 is 11.9 Å². The number of aliphatic carboxylic acids is 2. The van der Waals surface area contributed by atoms with Gasteiger partial charge in [-0.1, -0.05) is 0 Å². The van der Waals surface area contributed by atoms with Gasteiger partial charge in [-0.15, -0.1) is 0 Å². The first-order valence-electron chi connectivity index (χ1n) is 5.11. The highest BCUT2D eigenvalue weighted by Crippen LogP contribution is 2.27. The summed E-state index contributed by atoms with van der Waals surface area (Å²) in [5.74, 6) is -2.52. The fraction of sp³-hybridized carbons (Fsp3) is 0.333. The fourth-order valence-corrected chi connectivity index (χ4v) is 1.71. The molecule has 5 heteroatoms. The number of allylic oxidation sites excluding steroid dienone is 3. The molecule has 1 aliphatic rings. The average Bonchev–Trinajstić information content (AvgIpc) is 2.31. The molecule has 0 spiro atoms. The highest BCUT2D eigenvalue weighted by molar-refractivity contribution is 6.02. The van der Waals surface area contributed by atoms with E-state index >= 15 is 0 Å². The van der Waals surface area contributed by atoms with E-state index in [-0.39, 0.29) is 11.3 Å². The summed E-state index contributed by atoms with van der Waals surface area (Å²) in [7, 11) is 0. The number of carboxylic acid groups (broad SMARTS) is 2. The molecule has 0 aromatic carbocycles. The molecule has 0 aliphatic carbocycles. The third-order valence-corrected chi connectivity index (χ3v) is 3.05. The van der Waals surface area contributed by atoms with Crippen LogP contribution in [-0.4, -0.2) is 22.2 Å². The van der Waals surface area contributed by atoms with Crippen molar-refractivity contribution in [1.82, 2.24) is 5.32 Å². The van der Waals surface area contributed by atoms with Crippen LogP contribution in [0.3, 0.4) is 0 Å². The summed E-state index contributed by atoms with van der Waals surface area (Å²) in [6.45, 7) is 6.94. The van der Waals surface area contributed by atoms with Gasteiger partial charge in [-0.25, -0.2) is 9.59 Å². The van der Waals surface area contributed by atoms with Gasteiger partial charge < -0.3 is 15.5 Å². The summed E-state index contributed by atoms with van der Waals surface area (Å²) in [4.78, 5) is 22.3. The monoisotopic (exact) mass is 237 g/mol. The Morgan fingerprint density at radius 1 is 0.882 bits per heavy atom. The van der Waals surface area contributed by atoms with Gasteiger partial charge in [-0.2, -0.15) is 0 Å². The average molecular weight is 237 g/mol. The second kappa shape index (κ2) is 4.45. The first-order chi connectivity index (χ1) is 7.77. The van der Waals surface area contributed by atoms with Crippen molar-refractivity contribution in [1.29, 1.82) is 0 Å². The lowest BCUT2D eigenvalue weighted by Gasteiger charge is -2.09. The van der Waals surface area contributed by atoms with Crippen LogP contribution in [0.4, 0.5) is 0 Å². The van der Waals surface area contributed by atoms with E-state index in [9.17, 15) is 9.59 Å². The Kier molecular flexibility index (Phi) is 3.41. The number of hydrogen-bond donors (Lipinski definition) is 3. The topological polar surface area (TPSA) is 86.6 Å². The Morgan fingerprint density at radius 3 is 1.82 bits per heavy atom. The molecule has 1 rings (SSSR count). The summed E-state index contributed by atoms with van der Waals surface area (Å²) in [6.07, 6.45) is 0. The minimum atomic E-state index is -1.27. The number of carboxylic acids is 2. The minimum Gasteiger partial charge on any atom is -0.478 e. The van der Waals surface area contributed by atoms with Gasteiger partial charge in [0.15, 0.2) is 0 Å². The van der Waals surface area contributed by atoms with E-state index in [0.717, 1.165) is 11.1 Å². The molecule has 5 nitrogen and oxygen atoms in total. The molecule has 0 saturated carbocycles. The Labute approximate surface area is 99.1 Å². The van der Waals surface area contributed by atoms with Gasteiger partial charge in [0, 0.05) is 5.70 Å². The maximum Gasteiger partial charge on any atom is 0.353 e. The molecule has 1 aliphatic heterocycles. The van der Waals surface area contributed by atoms with Crippen molar-refractivity contribution in [2.24, 2.45) is 0 Å². The highest BCUT2D eigenvalue weighted by atomic mass is 16.4. The highest BCUT2D eigenvalue weighted by Gasteiger charge is 2.26. The lowest BCUT2D eigenvalue weighted by molar-refractivity contribution is -0.136. The molecule has 0 atom stereocenters. The van der Waals surface area contributed by atoms with Crippen molar-refractivity contribution in [3.63, 3.8) is 0 Å². The molecule has 0 aromatic rings. The molecule has 0 saturated heterocycles. The van der Waals surface area contributed by atoms with Crippen LogP contribution in [-0.2, 0) is 9.59 Å². The van der Waals surface area contributed by atoms with Gasteiger partial charge in [0.2, 0.25) is 0 Å². The van der Waals surface area contributed by atoms with Crippen molar-refractivity contribution < 1.29 is 19.8 Å². The predicted molar refractivity (Wildman–Crippen MR) is 62.2 cm³/mol. The summed E-state index contributed by atoms with van der Waals surface area (Å²) in [6, 6.07) is 0. The smallest absolute Gasteiger partial charge is 0.353 e. The van der Waals surface area contributed by atoms with E-state index in [1.807, 2.05) is 6.92 Å². The molecule has 0 fully saturated rings. The zero-order chi connectivity index (χ0) is 13.3. The molecule has 3 N–H and O–H groups in total. The van der Waals surface area contributed by atoms with Crippen LogP contribution in [0, 0.1) is 0 Å². The maximum absolute atomic E-state index is 11.2. The second-order valence-electron chi connectivity index (χ2n) is 3.99. The Hall–Kier alpha value is -2.04. The first-order valence-corrected chi connectivity index (χ1v) is 5.11. The van der Waals surface area contributed by atoms with E-state index in [0.29, 0.717) is 11.3 Å². The van der Waals surface area contributed by atoms with Crippen LogP contribution in [0.2, 0.25) is 0 Å². The van der Waals surface area contributed by atoms with Crippen molar-refractivity contribution in [3.05, 3.63) is 33.7 Å². The maximum atomic E-state index is 11.2. The largest absolute Gasteiger partial charge is 0.478 e. The molecule has 1 heterocycles. The van der Waals surface area contributed by atoms with E-state index in [1.54, 1.807) is 20.8 Å². The molecule has 92 valence electrons. The standard InChI is InChI=1S/C12H15NO4/c1-5-6(2)8(4)13-10(12(16)17)9(7(5)3)11(14)15/h13H,1-4H3,(H,14,15)(H,16,17). The molecule has 17 heavy (non-hydrogen) atoms. The molecule has 0 bridgehead atoms. The van der Waals surface area contributed by atoms with Gasteiger partial charge in [-0.3, -0.25) is 0 Å². The van der Waals surface area contributed by atoms with Gasteiger partial charge in [0.1, 0.15) is 5.70 Å². The molecular weight excluding hydrogens is 222 g/mol. The van der Waals surface area contributed by atoms with Crippen molar-refractivity contribution in [3.8, 4) is 0 Å². The zero-order valence-corrected chi connectivity index (χ0v) is 10.2. The van der Waals surface area contributed by atoms with Crippen molar-refractivity contribution in [2.45, 2.75) is 27.7 Å². The lowest BCUT2D eigenvalue weighted by Crippen LogP contribution is -2.23. The predicted octanol–water partition coefficient (Wildman–Crippen LogP) is 1.64. The van der Waals surface area contributed by atoms with E-state index in [2.05, 4.69) is 5.32 Å². The van der Waals surface area contributed by atoms with Crippen LogP contribution in [0.5, 0.6) is 0 Å². The van der Waals surface area contributed by atoms with Crippen LogP contribution < -0.4 is 5.32 Å². The van der Waals surface area contributed by atoms with Gasteiger partial charge >= 0.3 is 11.9 Å². The number of nitrogens with one attached hydrogen (secondary N) is 1. The summed E-state index contributed by atoms with van der Waals surface area (Å²) in [5, 5.41) is 20.8. The van der Waals surface area contributed by atoms with Gasteiger partial charge in [0.05, 0.1) is 5.57 Å². The molecule has 0 aromatic heterocycles. The van der Waals surface area contributed by atoms with Gasteiger partial charge in [-0.05, 0) is 44.4 Å². The minimum absolute atomic E-state index is 0.189. The SMILES string of the molecule is CC1=C(C)C(C)=C(C)C(C(=O)O)=C(C(=O)O)N1. The van der Waals surface area contributed by atoms with Gasteiger partial charge in [0.25, 0.3) is 0 Å². The zero-order valence-electron chi connectivity index (χ0n) is 10.2. The quantitative estimate of drug-likeness (QED) is 0.679. The van der Waals surface area contributed by atoms with E-state index in [1.165, 1.54) is 0 Å². The molecule has 0 unspecified atom stereocenters. The molecular formula is C12H15NO4. The Bertz CT molecular complexity index is 495. The Balaban J connectivity index is 3.62. The van der Waals surface area contributed by atoms with Crippen molar-refractivity contribution >= 4 is 11.9 Å². The number of hydrogen-bond acceptors (Lipinski definition) is 3. The fourth-order valence-electron chi connectivity index (χ4n) is 1.71. The number of carbonyl (C=O) groups is 2. The van der Waals surface area contributed by atoms with Crippen LogP contribution in [0.25, 0.3) is 0 Å². The lowest BCUT2D eigenvalue weighted by atomic mass is 9.97. The van der Waals surface area contributed by atoms with E-state index in [4.69, 9.17) is 10.2 Å². The van der Waals surface area contributed by atoms with Crippen molar-refractivity contribution in [2.75, 3.05) is 0 Å². The molecule has 0 amide bonds. The number of rotatable bonds is 2. The van der Waals surface area contributed by atoms with Crippen LogP contribution in [0.15, 0.2) is 33.7 Å². The third kappa shape index (κ3) is 2.22. The third-order valence-electron chi connectivity index (χ3n) is 3.05. The second-order valence-corrected chi connectivity index (χ2v) is 3.99. The summed E-state index contributed by atoms with van der Waals surface area (Å²) in [5.41, 5.74) is 2.28. The van der Waals surface area contributed by atoms with Crippen LogP contribution in [0.1, 0.15) is 27.7 Å².